The topological polar surface area (TPSA) is 93.1 Å². The summed E-state index contributed by atoms with van der Waals surface area (Å²) in [6, 6.07) is 27.3. The van der Waals surface area contributed by atoms with Gasteiger partial charge in [0.05, 0.1) is 31.7 Å². The van der Waals surface area contributed by atoms with Crippen LogP contribution in [-0.2, 0) is 16.6 Å². The zero-order valence-corrected chi connectivity index (χ0v) is 23.0. The standard InChI is InChI=1S/C31H27NO7S/c1-36-28-18-23(19-29(37-2)31(28)38-3)30(33)27-17-22-16-24(39-20-21-10-6-4-7-11-21)14-15-26(22)32(27)40(34,35)25-12-8-5-9-13-25/h4-19H,20H2,1-3H3. The van der Waals surface area contributed by atoms with E-state index >= 15 is 0 Å². The average Bonchev–Trinajstić information content (AvgIpc) is 3.39. The summed E-state index contributed by atoms with van der Waals surface area (Å²) in [5.74, 6) is 0.865. The molecule has 4 aromatic carbocycles. The molecule has 0 atom stereocenters. The summed E-state index contributed by atoms with van der Waals surface area (Å²) in [5.41, 5.74) is 1.45. The van der Waals surface area contributed by atoms with E-state index in [4.69, 9.17) is 18.9 Å². The number of hydrogen-bond donors (Lipinski definition) is 0. The van der Waals surface area contributed by atoms with E-state index in [0.717, 1.165) is 9.54 Å². The Morgan fingerprint density at radius 1 is 0.750 bits per heavy atom. The molecular weight excluding hydrogens is 530 g/mol. The number of nitrogens with zero attached hydrogens (tertiary/aromatic N) is 1. The highest BCUT2D eigenvalue weighted by Gasteiger charge is 2.28. The van der Waals surface area contributed by atoms with Crippen molar-refractivity contribution in [3.8, 4) is 23.0 Å². The average molecular weight is 558 g/mol. The number of ketones is 1. The molecular formula is C31H27NO7S. The van der Waals surface area contributed by atoms with Gasteiger partial charge < -0.3 is 18.9 Å². The predicted molar refractivity (Wildman–Crippen MR) is 151 cm³/mol. The van der Waals surface area contributed by atoms with Crippen LogP contribution >= 0.6 is 0 Å². The maximum atomic E-state index is 14.0. The van der Waals surface area contributed by atoms with Crippen LogP contribution in [0.2, 0.25) is 0 Å². The molecule has 8 nitrogen and oxygen atoms in total. The van der Waals surface area contributed by atoms with Crippen molar-refractivity contribution in [2.45, 2.75) is 11.5 Å². The fourth-order valence-electron chi connectivity index (χ4n) is 4.47. The van der Waals surface area contributed by atoms with Crippen molar-refractivity contribution < 1.29 is 32.2 Å². The second kappa shape index (κ2) is 11.2. The van der Waals surface area contributed by atoms with Crippen LogP contribution in [0.15, 0.2) is 102 Å². The summed E-state index contributed by atoms with van der Waals surface area (Å²) >= 11 is 0. The van der Waals surface area contributed by atoms with Crippen LogP contribution in [0, 0.1) is 0 Å². The van der Waals surface area contributed by atoms with Gasteiger partial charge in [0.2, 0.25) is 11.5 Å². The van der Waals surface area contributed by atoms with Crippen LogP contribution in [0.4, 0.5) is 0 Å². The van der Waals surface area contributed by atoms with Gasteiger partial charge in [-0.05, 0) is 54.1 Å². The Morgan fingerprint density at radius 2 is 1.38 bits per heavy atom. The van der Waals surface area contributed by atoms with E-state index in [1.54, 1.807) is 42.5 Å². The van der Waals surface area contributed by atoms with Crippen LogP contribution in [0.5, 0.6) is 23.0 Å². The van der Waals surface area contributed by atoms with Crippen molar-refractivity contribution in [3.63, 3.8) is 0 Å². The number of ether oxygens (including phenoxy) is 4. The molecule has 0 bridgehead atoms. The fourth-order valence-corrected chi connectivity index (χ4v) is 6.01. The third-order valence-corrected chi connectivity index (χ3v) is 8.16. The van der Waals surface area contributed by atoms with Crippen molar-refractivity contribution in [1.29, 1.82) is 0 Å². The number of benzene rings is 4. The van der Waals surface area contributed by atoms with E-state index in [1.165, 1.54) is 45.6 Å². The lowest BCUT2D eigenvalue weighted by atomic mass is 10.1. The highest BCUT2D eigenvalue weighted by molar-refractivity contribution is 7.90. The molecule has 1 aromatic heterocycles. The Morgan fingerprint density at radius 3 is 1.98 bits per heavy atom. The summed E-state index contributed by atoms with van der Waals surface area (Å²) in [5, 5.41) is 0.529. The summed E-state index contributed by atoms with van der Waals surface area (Å²) < 4.78 is 51.1. The Hall–Kier alpha value is -4.76. The van der Waals surface area contributed by atoms with Crippen LogP contribution in [-0.4, -0.2) is 39.5 Å². The molecule has 204 valence electrons. The molecule has 0 saturated heterocycles. The number of hydrogen-bond acceptors (Lipinski definition) is 7. The van der Waals surface area contributed by atoms with Crippen molar-refractivity contribution in [2.24, 2.45) is 0 Å². The Kier molecular flexibility index (Phi) is 7.48. The molecule has 0 aliphatic carbocycles. The van der Waals surface area contributed by atoms with Crippen molar-refractivity contribution >= 4 is 26.7 Å². The molecule has 0 unspecified atom stereocenters. The first-order valence-corrected chi connectivity index (χ1v) is 13.8. The van der Waals surface area contributed by atoms with E-state index in [2.05, 4.69) is 0 Å². The van der Waals surface area contributed by atoms with Gasteiger partial charge in [-0.2, -0.15) is 0 Å². The van der Waals surface area contributed by atoms with Gasteiger partial charge in [0.1, 0.15) is 18.1 Å². The summed E-state index contributed by atoms with van der Waals surface area (Å²) in [6.07, 6.45) is 0. The minimum Gasteiger partial charge on any atom is -0.493 e. The van der Waals surface area contributed by atoms with Gasteiger partial charge in [0, 0.05) is 10.9 Å². The highest BCUT2D eigenvalue weighted by atomic mass is 32.2. The molecule has 0 radical (unpaired) electrons. The summed E-state index contributed by atoms with van der Waals surface area (Å²) in [7, 11) is 0.199. The van der Waals surface area contributed by atoms with Gasteiger partial charge in [-0.3, -0.25) is 4.79 Å². The van der Waals surface area contributed by atoms with Crippen molar-refractivity contribution in [2.75, 3.05) is 21.3 Å². The van der Waals surface area contributed by atoms with E-state index < -0.39 is 15.8 Å². The first kappa shape index (κ1) is 26.8. The zero-order valence-electron chi connectivity index (χ0n) is 22.2. The molecule has 0 fully saturated rings. The monoisotopic (exact) mass is 557 g/mol. The minimum atomic E-state index is -4.15. The first-order chi connectivity index (χ1) is 19.4. The molecule has 0 aliphatic rings. The third kappa shape index (κ3) is 4.99. The number of carbonyl (C=O) groups excluding carboxylic acids is 1. The van der Waals surface area contributed by atoms with Crippen molar-refractivity contribution in [3.05, 3.63) is 114 Å². The second-order valence-electron chi connectivity index (χ2n) is 8.85. The molecule has 1 heterocycles. The number of rotatable bonds is 10. The van der Waals surface area contributed by atoms with E-state index in [-0.39, 0.29) is 27.7 Å². The number of methoxy groups -OCH3 is 3. The van der Waals surface area contributed by atoms with Crippen LogP contribution in [0.3, 0.4) is 0 Å². The minimum absolute atomic E-state index is 0.0478. The van der Waals surface area contributed by atoms with Gasteiger partial charge in [0.25, 0.3) is 10.0 Å². The van der Waals surface area contributed by atoms with Gasteiger partial charge in [-0.15, -0.1) is 0 Å². The van der Waals surface area contributed by atoms with E-state index in [9.17, 15) is 13.2 Å². The van der Waals surface area contributed by atoms with Crippen LogP contribution < -0.4 is 18.9 Å². The zero-order chi connectivity index (χ0) is 28.3. The molecule has 0 spiro atoms. The molecule has 5 rings (SSSR count). The summed E-state index contributed by atoms with van der Waals surface area (Å²) in [6.45, 7) is 0.340. The maximum Gasteiger partial charge on any atom is 0.268 e. The van der Waals surface area contributed by atoms with Gasteiger partial charge in [0.15, 0.2) is 11.5 Å². The SMILES string of the molecule is COc1cc(C(=O)c2cc3cc(OCc4ccccc4)ccc3n2S(=O)(=O)c2ccccc2)cc(OC)c1OC. The maximum absolute atomic E-state index is 14.0. The van der Waals surface area contributed by atoms with Gasteiger partial charge >= 0.3 is 0 Å². The molecule has 0 aliphatic heterocycles. The molecule has 0 N–H and O–H groups in total. The summed E-state index contributed by atoms with van der Waals surface area (Å²) in [4.78, 5) is 14.0. The normalized spacial score (nSPS) is 11.3. The molecule has 0 saturated carbocycles. The largest absolute Gasteiger partial charge is 0.493 e. The second-order valence-corrected chi connectivity index (χ2v) is 10.6. The Bertz CT molecular complexity index is 1750. The van der Waals surface area contributed by atoms with E-state index in [1.807, 2.05) is 30.3 Å². The lowest BCUT2D eigenvalue weighted by Crippen LogP contribution is -2.19. The van der Waals surface area contributed by atoms with E-state index in [0.29, 0.717) is 29.0 Å². The Labute approximate surface area is 232 Å². The highest BCUT2D eigenvalue weighted by Crippen LogP contribution is 2.39. The molecule has 0 amide bonds. The van der Waals surface area contributed by atoms with Crippen molar-refractivity contribution in [1.82, 2.24) is 3.97 Å². The smallest absolute Gasteiger partial charge is 0.268 e. The number of aromatic nitrogens is 1. The van der Waals surface area contributed by atoms with Crippen LogP contribution in [0.1, 0.15) is 21.6 Å². The number of fused-ring (bicyclic) bond motifs is 1. The third-order valence-electron chi connectivity index (χ3n) is 6.42. The molecule has 9 heteroatoms. The first-order valence-electron chi connectivity index (χ1n) is 12.3. The molecule has 40 heavy (non-hydrogen) atoms. The fraction of sp³-hybridized carbons (Fsp3) is 0.129. The lowest BCUT2D eigenvalue weighted by Gasteiger charge is -2.15. The molecule has 5 aromatic rings. The quantitative estimate of drug-likeness (QED) is 0.203. The lowest BCUT2D eigenvalue weighted by molar-refractivity contribution is 0.103. The predicted octanol–water partition coefficient (Wildman–Crippen LogP) is 5.71. The van der Waals surface area contributed by atoms with Crippen LogP contribution in [0.25, 0.3) is 10.9 Å². The number of carbonyl (C=O) groups is 1. The van der Waals surface area contributed by atoms with Gasteiger partial charge in [-0.25, -0.2) is 12.4 Å². The van der Waals surface area contributed by atoms with Gasteiger partial charge in [-0.1, -0.05) is 48.5 Å². The Balaban J connectivity index is 1.66.